The third-order valence-electron chi connectivity index (χ3n) is 1.87. The van der Waals surface area contributed by atoms with Crippen LogP contribution in [-0.4, -0.2) is 12.6 Å². The van der Waals surface area contributed by atoms with Gasteiger partial charge in [-0.25, -0.2) is 4.79 Å². The Morgan fingerprint density at radius 2 is 2.12 bits per heavy atom. The molecule has 0 saturated heterocycles. The number of hydrogen-bond acceptors (Lipinski definition) is 4. The molecular formula is C12H14ClNO2S. The number of allylic oxidation sites excluding steroid dienone is 1. The first-order chi connectivity index (χ1) is 8.06. The van der Waals surface area contributed by atoms with E-state index in [1.54, 1.807) is 19.9 Å². The molecule has 92 valence electrons. The molecule has 0 fully saturated rings. The van der Waals surface area contributed by atoms with Crippen LogP contribution in [0.5, 0.6) is 0 Å². The second kappa shape index (κ2) is 6.57. The summed E-state index contributed by atoms with van der Waals surface area (Å²) in [6.07, 6.45) is 0. The zero-order valence-electron chi connectivity index (χ0n) is 9.70. The Labute approximate surface area is 110 Å². The van der Waals surface area contributed by atoms with Gasteiger partial charge in [-0.15, -0.1) is 0 Å². The maximum atomic E-state index is 11.7. The van der Waals surface area contributed by atoms with E-state index >= 15 is 0 Å². The summed E-state index contributed by atoms with van der Waals surface area (Å²) in [5.41, 5.74) is 6.11. The normalized spacial score (nSPS) is 11.9. The van der Waals surface area contributed by atoms with Crippen LogP contribution in [0.4, 0.5) is 0 Å². The van der Waals surface area contributed by atoms with Crippen molar-refractivity contribution < 1.29 is 9.53 Å². The van der Waals surface area contributed by atoms with Crippen LogP contribution in [0.15, 0.2) is 39.8 Å². The standard InChI is InChI=1S/C12H14ClNO2S/c1-3-16-12(15)11(8(2)14)17-10-7-5-4-6-9(10)13/h4-7H,3,14H2,1-2H3. The summed E-state index contributed by atoms with van der Waals surface area (Å²) in [7, 11) is 0. The Bertz CT molecular complexity index is 442. The number of esters is 1. The van der Waals surface area contributed by atoms with E-state index in [2.05, 4.69) is 0 Å². The molecule has 0 amide bonds. The molecule has 0 atom stereocenters. The lowest BCUT2D eigenvalue weighted by atomic mass is 10.4. The molecule has 0 aliphatic heterocycles. The van der Waals surface area contributed by atoms with E-state index < -0.39 is 5.97 Å². The highest BCUT2D eigenvalue weighted by Crippen LogP contribution is 2.33. The van der Waals surface area contributed by atoms with Gasteiger partial charge in [0, 0.05) is 10.6 Å². The van der Waals surface area contributed by atoms with Crippen molar-refractivity contribution in [3.05, 3.63) is 39.9 Å². The topological polar surface area (TPSA) is 52.3 Å². The fraction of sp³-hybridized carbons (Fsp3) is 0.250. The van der Waals surface area contributed by atoms with Crippen molar-refractivity contribution in [1.29, 1.82) is 0 Å². The van der Waals surface area contributed by atoms with Crippen LogP contribution < -0.4 is 5.73 Å². The van der Waals surface area contributed by atoms with Crippen molar-refractivity contribution in [3.8, 4) is 0 Å². The maximum Gasteiger partial charge on any atom is 0.346 e. The molecule has 0 aliphatic carbocycles. The molecule has 0 radical (unpaired) electrons. The third-order valence-corrected chi connectivity index (χ3v) is 3.58. The molecule has 0 heterocycles. The highest BCUT2D eigenvalue weighted by Gasteiger charge is 2.16. The largest absolute Gasteiger partial charge is 0.462 e. The SMILES string of the molecule is CCOC(=O)C(Sc1ccccc1Cl)=C(C)N. The number of halogens is 1. The molecule has 0 spiro atoms. The predicted octanol–water partition coefficient (Wildman–Crippen LogP) is 3.19. The minimum absolute atomic E-state index is 0.318. The van der Waals surface area contributed by atoms with Crippen LogP contribution in [0.25, 0.3) is 0 Å². The van der Waals surface area contributed by atoms with E-state index in [0.29, 0.717) is 22.2 Å². The Kier molecular flexibility index (Phi) is 5.38. The molecule has 0 saturated carbocycles. The van der Waals surface area contributed by atoms with Gasteiger partial charge in [-0.3, -0.25) is 0 Å². The summed E-state index contributed by atoms with van der Waals surface area (Å²) in [5.74, 6) is -0.419. The molecule has 2 N–H and O–H groups in total. The fourth-order valence-electron chi connectivity index (χ4n) is 1.12. The molecular weight excluding hydrogens is 258 g/mol. The van der Waals surface area contributed by atoms with Gasteiger partial charge in [0.25, 0.3) is 0 Å². The number of carbonyl (C=O) groups excluding carboxylic acids is 1. The van der Waals surface area contributed by atoms with Crippen molar-refractivity contribution in [3.63, 3.8) is 0 Å². The second-order valence-electron chi connectivity index (χ2n) is 3.27. The number of rotatable bonds is 4. The number of thioether (sulfide) groups is 1. The molecule has 1 aromatic carbocycles. The molecule has 5 heteroatoms. The van der Waals surface area contributed by atoms with Gasteiger partial charge in [0.1, 0.15) is 4.91 Å². The molecule has 17 heavy (non-hydrogen) atoms. The Balaban J connectivity index is 2.94. The summed E-state index contributed by atoms with van der Waals surface area (Å²) < 4.78 is 4.94. The number of hydrogen-bond donors (Lipinski definition) is 1. The van der Waals surface area contributed by atoms with Gasteiger partial charge in [-0.1, -0.05) is 35.5 Å². The summed E-state index contributed by atoms with van der Waals surface area (Å²) in [4.78, 5) is 12.8. The molecule has 0 aliphatic rings. The van der Waals surface area contributed by atoms with Crippen LogP contribution in [0, 0.1) is 0 Å². The van der Waals surface area contributed by atoms with Gasteiger partial charge < -0.3 is 10.5 Å². The second-order valence-corrected chi connectivity index (χ2v) is 4.72. The number of benzene rings is 1. The van der Waals surface area contributed by atoms with E-state index in [9.17, 15) is 4.79 Å². The van der Waals surface area contributed by atoms with Gasteiger partial charge in [0.05, 0.1) is 11.6 Å². The summed E-state index contributed by atoms with van der Waals surface area (Å²) >= 11 is 7.24. The van der Waals surface area contributed by atoms with Crippen molar-refractivity contribution in [1.82, 2.24) is 0 Å². The molecule has 0 aromatic heterocycles. The first kappa shape index (κ1) is 13.9. The van der Waals surface area contributed by atoms with Crippen LogP contribution >= 0.6 is 23.4 Å². The summed E-state index contributed by atoms with van der Waals surface area (Å²) in [6.45, 7) is 3.73. The lowest BCUT2D eigenvalue weighted by Gasteiger charge is -2.09. The molecule has 3 nitrogen and oxygen atoms in total. The smallest absolute Gasteiger partial charge is 0.346 e. The van der Waals surface area contributed by atoms with Crippen molar-refractivity contribution in [2.75, 3.05) is 6.61 Å². The summed E-state index contributed by atoms with van der Waals surface area (Å²) in [6, 6.07) is 7.27. The number of ether oxygens (including phenoxy) is 1. The van der Waals surface area contributed by atoms with Crippen LogP contribution in [0.3, 0.4) is 0 Å². The van der Waals surface area contributed by atoms with Crippen molar-refractivity contribution >= 4 is 29.3 Å². The molecule has 0 unspecified atom stereocenters. The first-order valence-electron chi connectivity index (χ1n) is 5.12. The van der Waals surface area contributed by atoms with E-state index in [-0.39, 0.29) is 0 Å². The quantitative estimate of drug-likeness (QED) is 0.519. The van der Waals surface area contributed by atoms with E-state index in [4.69, 9.17) is 22.1 Å². The van der Waals surface area contributed by atoms with Gasteiger partial charge in [0.15, 0.2) is 0 Å². The zero-order chi connectivity index (χ0) is 12.8. The molecule has 1 rings (SSSR count). The monoisotopic (exact) mass is 271 g/mol. The van der Waals surface area contributed by atoms with Crippen LogP contribution in [0.1, 0.15) is 13.8 Å². The van der Waals surface area contributed by atoms with Crippen LogP contribution in [0.2, 0.25) is 5.02 Å². The zero-order valence-corrected chi connectivity index (χ0v) is 11.3. The lowest BCUT2D eigenvalue weighted by molar-refractivity contribution is -0.137. The molecule has 1 aromatic rings. The summed E-state index contributed by atoms with van der Waals surface area (Å²) in [5, 5.41) is 0.584. The Morgan fingerprint density at radius 3 is 2.65 bits per heavy atom. The Hall–Kier alpha value is -1.13. The highest BCUT2D eigenvalue weighted by atomic mass is 35.5. The average molecular weight is 272 g/mol. The van der Waals surface area contributed by atoms with Gasteiger partial charge in [-0.2, -0.15) is 0 Å². The fourth-order valence-corrected chi connectivity index (χ4v) is 2.20. The van der Waals surface area contributed by atoms with E-state index in [0.717, 1.165) is 4.90 Å². The van der Waals surface area contributed by atoms with E-state index in [1.165, 1.54) is 11.8 Å². The van der Waals surface area contributed by atoms with E-state index in [1.807, 2.05) is 18.2 Å². The lowest BCUT2D eigenvalue weighted by Crippen LogP contribution is -2.10. The first-order valence-corrected chi connectivity index (χ1v) is 6.31. The average Bonchev–Trinajstić information content (AvgIpc) is 2.27. The Morgan fingerprint density at radius 1 is 1.47 bits per heavy atom. The van der Waals surface area contributed by atoms with Crippen LogP contribution in [-0.2, 0) is 9.53 Å². The van der Waals surface area contributed by atoms with Gasteiger partial charge in [0.2, 0.25) is 0 Å². The molecule has 0 bridgehead atoms. The minimum Gasteiger partial charge on any atom is -0.462 e. The van der Waals surface area contributed by atoms with Crippen molar-refractivity contribution in [2.45, 2.75) is 18.7 Å². The van der Waals surface area contributed by atoms with Gasteiger partial charge >= 0.3 is 5.97 Å². The number of carbonyl (C=O) groups is 1. The maximum absolute atomic E-state index is 11.7. The van der Waals surface area contributed by atoms with Gasteiger partial charge in [-0.05, 0) is 26.0 Å². The third kappa shape index (κ3) is 3.98. The van der Waals surface area contributed by atoms with Crippen molar-refractivity contribution in [2.24, 2.45) is 5.73 Å². The minimum atomic E-state index is -0.419. The number of nitrogens with two attached hydrogens (primary N) is 1. The predicted molar refractivity (Wildman–Crippen MR) is 70.8 cm³/mol. The highest BCUT2D eigenvalue weighted by molar-refractivity contribution is 8.04.